The van der Waals surface area contributed by atoms with Crippen molar-refractivity contribution in [2.75, 3.05) is 26.8 Å². The molecule has 1 saturated heterocycles. The van der Waals surface area contributed by atoms with Gasteiger partial charge in [-0.15, -0.1) is 0 Å². The maximum Gasteiger partial charge on any atom is 0.256 e. The van der Waals surface area contributed by atoms with Crippen LogP contribution in [0.2, 0.25) is 0 Å². The minimum atomic E-state index is -0.528. The van der Waals surface area contributed by atoms with Gasteiger partial charge in [-0.05, 0) is 31.2 Å². The molecule has 1 aromatic carbocycles. The second kappa shape index (κ2) is 10.3. The standard InChI is InChI=1S/C26H33N3O4/c1-27-24(31)21-16-29(20-10-6-3-7-11-20)17-22(23(21)30)25(32)28-18-26(12-14-33-15-13-26)19-8-4-2-5-9-19/h2,4-5,8-9,16-17,20H,3,6-7,10-15,18H2,1H3,(H,27,31)(H,28,32). The zero-order valence-electron chi connectivity index (χ0n) is 19.3. The molecule has 2 aromatic rings. The van der Waals surface area contributed by atoms with Gasteiger partial charge in [0.05, 0.1) is 0 Å². The Balaban J connectivity index is 1.62. The summed E-state index contributed by atoms with van der Waals surface area (Å²) in [6.45, 7) is 1.67. The minimum Gasteiger partial charge on any atom is -0.381 e. The SMILES string of the molecule is CNC(=O)c1cn(C2CCCCC2)cc(C(=O)NCC2(c3ccccc3)CCOCC2)c1=O. The summed E-state index contributed by atoms with van der Waals surface area (Å²) in [6, 6.07) is 10.3. The van der Waals surface area contributed by atoms with Gasteiger partial charge >= 0.3 is 0 Å². The number of rotatable bonds is 6. The molecule has 2 heterocycles. The molecule has 4 rings (SSSR count). The molecule has 0 bridgehead atoms. The molecule has 7 nitrogen and oxygen atoms in total. The highest BCUT2D eigenvalue weighted by atomic mass is 16.5. The van der Waals surface area contributed by atoms with Crippen molar-refractivity contribution in [3.8, 4) is 0 Å². The van der Waals surface area contributed by atoms with Crippen LogP contribution in [0.25, 0.3) is 0 Å². The van der Waals surface area contributed by atoms with Crippen LogP contribution in [0.15, 0.2) is 47.5 Å². The van der Waals surface area contributed by atoms with Crippen molar-refractivity contribution in [2.45, 2.75) is 56.4 Å². The summed E-state index contributed by atoms with van der Waals surface area (Å²) < 4.78 is 7.49. The molecule has 1 aliphatic heterocycles. The summed E-state index contributed by atoms with van der Waals surface area (Å²) in [4.78, 5) is 38.8. The molecule has 0 radical (unpaired) electrons. The van der Waals surface area contributed by atoms with E-state index in [1.165, 1.54) is 13.5 Å². The van der Waals surface area contributed by atoms with Crippen molar-refractivity contribution in [1.82, 2.24) is 15.2 Å². The summed E-state index contributed by atoms with van der Waals surface area (Å²) >= 11 is 0. The van der Waals surface area contributed by atoms with Crippen LogP contribution in [0.3, 0.4) is 0 Å². The fourth-order valence-electron chi connectivity index (χ4n) is 5.11. The van der Waals surface area contributed by atoms with Gasteiger partial charge < -0.3 is 19.9 Å². The van der Waals surface area contributed by atoms with Crippen LogP contribution in [0.1, 0.15) is 77.3 Å². The van der Waals surface area contributed by atoms with Gasteiger partial charge in [0.15, 0.2) is 0 Å². The molecule has 2 aliphatic rings. The Bertz CT molecular complexity index is 1040. The lowest BCUT2D eigenvalue weighted by Crippen LogP contribution is -2.45. The third kappa shape index (κ3) is 5.03. The molecule has 33 heavy (non-hydrogen) atoms. The largest absolute Gasteiger partial charge is 0.381 e. The molecule has 1 aliphatic carbocycles. The predicted octanol–water partition coefficient (Wildman–Crippen LogP) is 3.19. The van der Waals surface area contributed by atoms with E-state index >= 15 is 0 Å². The number of aromatic nitrogens is 1. The Kier molecular flexibility index (Phi) is 7.28. The van der Waals surface area contributed by atoms with Crippen LogP contribution >= 0.6 is 0 Å². The van der Waals surface area contributed by atoms with E-state index in [1.54, 1.807) is 12.4 Å². The van der Waals surface area contributed by atoms with Crippen molar-refractivity contribution in [3.05, 3.63) is 69.6 Å². The van der Waals surface area contributed by atoms with Gasteiger partial charge in [0.2, 0.25) is 5.43 Å². The van der Waals surface area contributed by atoms with E-state index in [9.17, 15) is 14.4 Å². The highest BCUT2D eigenvalue weighted by Gasteiger charge is 2.35. The number of pyridine rings is 1. The molecule has 0 atom stereocenters. The Labute approximate surface area is 194 Å². The van der Waals surface area contributed by atoms with Crippen molar-refractivity contribution in [3.63, 3.8) is 0 Å². The summed E-state index contributed by atoms with van der Waals surface area (Å²) in [5.41, 5.74) is 0.430. The van der Waals surface area contributed by atoms with Gasteiger partial charge in [-0.25, -0.2) is 0 Å². The zero-order valence-corrected chi connectivity index (χ0v) is 19.3. The summed E-state index contributed by atoms with van der Waals surface area (Å²) in [5, 5.41) is 5.56. The van der Waals surface area contributed by atoms with Crippen LogP contribution in [0.5, 0.6) is 0 Å². The molecule has 2 amide bonds. The average molecular weight is 452 g/mol. The number of nitrogens with zero attached hydrogens (tertiary/aromatic N) is 1. The first-order valence-corrected chi connectivity index (χ1v) is 11.9. The molecule has 0 unspecified atom stereocenters. The van der Waals surface area contributed by atoms with Crippen LogP contribution < -0.4 is 16.1 Å². The number of amides is 2. The molecule has 1 aromatic heterocycles. The predicted molar refractivity (Wildman–Crippen MR) is 127 cm³/mol. The number of ether oxygens (including phenoxy) is 1. The smallest absolute Gasteiger partial charge is 0.256 e. The van der Waals surface area contributed by atoms with Crippen LogP contribution in [-0.4, -0.2) is 43.2 Å². The molecule has 7 heteroatoms. The maximum absolute atomic E-state index is 13.3. The van der Waals surface area contributed by atoms with E-state index in [2.05, 4.69) is 22.8 Å². The number of carbonyl (C=O) groups is 2. The van der Waals surface area contributed by atoms with Gasteiger partial charge in [0.1, 0.15) is 11.1 Å². The van der Waals surface area contributed by atoms with E-state index in [0.717, 1.165) is 44.1 Å². The van der Waals surface area contributed by atoms with Crippen molar-refractivity contribution in [2.24, 2.45) is 0 Å². The first-order chi connectivity index (χ1) is 16.0. The first kappa shape index (κ1) is 23.2. The van der Waals surface area contributed by atoms with Crippen molar-refractivity contribution < 1.29 is 14.3 Å². The minimum absolute atomic E-state index is 0.0135. The third-order valence-electron chi connectivity index (χ3n) is 7.18. The number of hydrogen-bond donors (Lipinski definition) is 2. The molecule has 1 saturated carbocycles. The maximum atomic E-state index is 13.3. The van der Waals surface area contributed by atoms with E-state index in [0.29, 0.717) is 19.8 Å². The Morgan fingerprint density at radius 1 is 1.00 bits per heavy atom. The fourth-order valence-corrected chi connectivity index (χ4v) is 5.11. The number of nitrogens with one attached hydrogen (secondary N) is 2. The summed E-state index contributed by atoms with van der Waals surface area (Å²) in [6.07, 6.45) is 10.2. The molecule has 2 fully saturated rings. The number of benzene rings is 1. The monoisotopic (exact) mass is 451 g/mol. The van der Waals surface area contributed by atoms with Gasteiger partial charge in [0, 0.05) is 50.7 Å². The highest BCUT2D eigenvalue weighted by molar-refractivity contribution is 5.99. The molecular weight excluding hydrogens is 418 g/mol. The number of hydrogen-bond acceptors (Lipinski definition) is 4. The number of carbonyl (C=O) groups excluding carboxylic acids is 2. The third-order valence-corrected chi connectivity index (χ3v) is 7.18. The van der Waals surface area contributed by atoms with Crippen molar-refractivity contribution >= 4 is 11.8 Å². The van der Waals surface area contributed by atoms with E-state index < -0.39 is 17.2 Å². The normalized spacial score (nSPS) is 18.5. The van der Waals surface area contributed by atoms with E-state index in [1.807, 2.05) is 22.8 Å². The molecule has 176 valence electrons. The molecule has 2 N–H and O–H groups in total. The van der Waals surface area contributed by atoms with E-state index in [-0.39, 0.29) is 22.6 Å². The zero-order chi connectivity index (χ0) is 23.3. The van der Waals surface area contributed by atoms with Crippen LogP contribution in [0, 0.1) is 0 Å². The summed E-state index contributed by atoms with van der Waals surface area (Å²) in [5.74, 6) is -0.901. The average Bonchev–Trinajstić information content (AvgIpc) is 2.88. The van der Waals surface area contributed by atoms with Crippen LogP contribution in [-0.2, 0) is 10.2 Å². The second-order valence-corrected chi connectivity index (χ2v) is 9.17. The topological polar surface area (TPSA) is 89.4 Å². The van der Waals surface area contributed by atoms with Gasteiger partial charge in [0.25, 0.3) is 11.8 Å². The van der Waals surface area contributed by atoms with Crippen LogP contribution in [0.4, 0.5) is 0 Å². The van der Waals surface area contributed by atoms with Crippen molar-refractivity contribution in [1.29, 1.82) is 0 Å². The molecular formula is C26H33N3O4. The lowest BCUT2D eigenvalue weighted by atomic mass is 9.74. The van der Waals surface area contributed by atoms with E-state index in [4.69, 9.17) is 4.74 Å². The van der Waals surface area contributed by atoms with Gasteiger partial charge in [-0.2, -0.15) is 0 Å². The van der Waals surface area contributed by atoms with Gasteiger partial charge in [-0.3, -0.25) is 14.4 Å². The highest BCUT2D eigenvalue weighted by Crippen LogP contribution is 2.34. The second-order valence-electron chi connectivity index (χ2n) is 9.17. The Morgan fingerprint density at radius 3 is 2.27 bits per heavy atom. The first-order valence-electron chi connectivity index (χ1n) is 11.9. The lowest BCUT2D eigenvalue weighted by molar-refractivity contribution is 0.0487. The Hall–Kier alpha value is -2.93. The Morgan fingerprint density at radius 2 is 1.64 bits per heavy atom. The molecule has 0 spiro atoms. The summed E-state index contributed by atoms with van der Waals surface area (Å²) in [7, 11) is 1.49. The quantitative estimate of drug-likeness (QED) is 0.706. The fraction of sp³-hybridized carbons (Fsp3) is 0.500. The van der Waals surface area contributed by atoms with Gasteiger partial charge in [-0.1, -0.05) is 49.6 Å². The lowest BCUT2D eigenvalue weighted by Gasteiger charge is -2.38.